The van der Waals surface area contributed by atoms with E-state index >= 15 is 0 Å². The second-order valence-corrected chi connectivity index (χ2v) is 9.17. The smallest absolute Gasteiger partial charge is 0.257 e. The predicted octanol–water partition coefficient (Wildman–Crippen LogP) is 2.85. The highest BCUT2D eigenvalue weighted by molar-refractivity contribution is 7.14. The Hall–Kier alpha value is -3.50. The summed E-state index contributed by atoms with van der Waals surface area (Å²) in [5, 5.41) is 13.7. The fraction of sp³-hybridized carbons (Fsp3) is 0.273. The molecule has 10 heteroatoms. The number of fused-ring (bicyclic) bond motifs is 1. The molecule has 1 fully saturated rings. The summed E-state index contributed by atoms with van der Waals surface area (Å²) in [5.41, 5.74) is 2.17. The summed E-state index contributed by atoms with van der Waals surface area (Å²) in [6, 6.07) is 7.84. The minimum absolute atomic E-state index is 0.228. The van der Waals surface area contributed by atoms with Gasteiger partial charge in [-0.3, -0.25) is 9.78 Å². The standard InChI is InChI=1S/C22H22N8OS/c1-13-27-28-22(32-13)16-6-15-7-19(25-10-18(15)24-9-16)26-21(31)14-4-5-23-20(8-14)30-11-17(12-30)29(2)3/h4-10,17H,11-12H2,1-3H3,(H,25,26,31). The number of nitrogens with one attached hydrogen (secondary N) is 1. The molecule has 0 spiro atoms. The Bertz CT molecular complexity index is 1300. The maximum atomic E-state index is 12.9. The van der Waals surface area contributed by atoms with Gasteiger partial charge in [-0.15, -0.1) is 10.2 Å². The molecule has 32 heavy (non-hydrogen) atoms. The highest BCUT2D eigenvalue weighted by atomic mass is 32.1. The molecule has 0 atom stereocenters. The first-order chi connectivity index (χ1) is 15.5. The van der Waals surface area contributed by atoms with E-state index in [1.165, 1.54) is 11.3 Å². The summed E-state index contributed by atoms with van der Waals surface area (Å²) in [7, 11) is 4.15. The monoisotopic (exact) mass is 446 g/mol. The lowest BCUT2D eigenvalue weighted by Crippen LogP contribution is -2.57. The molecular formula is C22H22N8OS. The Morgan fingerprint density at radius 3 is 2.72 bits per heavy atom. The Kier molecular flexibility index (Phi) is 5.24. The van der Waals surface area contributed by atoms with E-state index in [1.54, 1.807) is 24.7 Å². The molecule has 162 valence electrons. The van der Waals surface area contributed by atoms with E-state index in [2.05, 4.69) is 54.4 Å². The van der Waals surface area contributed by atoms with Crippen LogP contribution in [0, 0.1) is 6.92 Å². The van der Waals surface area contributed by atoms with Gasteiger partial charge in [-0.2, -0.15) is 0 Å². The highest BCUT2D eigenvalue weighted by Crippen LogP contribution is 2.26. The molecule has 1 aliphatic heterocycles. The van der Waals surface area contributed by atoms with Gasteiger partial charge in [0, 0.05) is 48.0 Å². The number of carbonyl (C=O) groups is 1. The van der Waals surface area contributed by atoms with E-state index in [1.807, 2.05) is 25.1 Å². The van der Waals surface area contributed by atoms with Gasteiger partial charge in [0.2, 0.25) is 0 Å². The highest BCUT2D eigenvalue weighted by Gasteiger charge is 2.29. The molecule has 5 heterocycles. The van der Waals surface area contributed by atoms with Gasteiger partial charge in [-0.05, 0) is 45.3 Å². The number of nitrogens with zero attached hydrogens (tertiary/aromatic N) is 7. The van der Waals surface area contributed by atoms with Crippen molar-refractivity contribution in [3.05, 3.63) is 53.4 Å². The van der Waals surface area contributed by atoms with Crippen LogP contribution in [0.1, 0.15) is 15.4 Å². The SMILES string of the molecule is Cc1nnc(-c2cnc3cnc(NC(=O)c4ccnc(N5CC(N(C)C)C5)c4)cc3c2)s1. The van der Waals surface area contributed by atoms with E-state index in [0.717, 1.165) is 45.4 Å². The van der Waals surface area contributed by atoms with Crippen LogP contribution in [0.3, 0.4) is 0 Å². The number of likely N-dealkylation sites (N-methyl/N-ethyl adjacent to an activating group) is 1. The van der Waals surface area contributed by atoms with Crippen LogP contribution in [0.15, 0.2) is 42.9 Å². The van der Waals surface area contributed by atoms with Crippen LogP contribution in [0.4, 0.5) is 11.6 Å². The quantitative estimate of drug-likeness (QED) is 0.500. The lowest BCUT2D eigenvalue weighted by Gasteiger charge is -2.43. The van der Waals surface area contributed by atoms with Gasteiger partial charge in [0.15, 0.2) is 0 Å². The molecule has 1 amide bonds. The molecule has 0 saturated carbocycles. The van der Waals surface area contributed by atoms with E-state index < -0.39 is 0 Å². The van der Waals surface area contributed by atoms with Gasteiger partial charge in [-0.25, -0.2) is 9.97 Å². The van der Waals surface area contributed by atoms with Crippen LogP contribution in [0.5, 0.6) is 0 Å². The van der Waals surface area contributed by atoms with Crippen LogP contribution in [0.25, 0.3) is 21.5 Å². The van der Waals surface area contributed by atoms with Crippen LogP contribution < -0.4 is 10.2 Å². The Morgan fingerprint density at radius 2 is 1.97 bits per heavy atom. The molecule has 4 aromatic heterocycles. The first-order valence-corrected chi connectivity index (χ1v) is 11.0. The number of carbonyl (C=O) groups excluding carboxylic acids is 1. The van der Waals surface area contributed by atoms with Gasteiger partial charge in [0.25, 0.3) is 5.91 Å². The molecule has 0 unspecified atom stereocenters. The average Bonchev–Trinajstić information content (AvgIpc) is 3.18. The molecule has 0 aromatic carbocycles. The molecule has 9 nitrogen and oxygen atoms in total. The molecular weight excluding hydrogens is 424 g/mol. The largest absolute Gasteiger partial charge is 0.353 e. The van der Waals surface area contributed by atoms with E-state index in [0.29, 0.717) is 17.4 Å². The number of aryl methyl sites for hydroxylation is 1. The van der Waals surface area contributed by atoms with Gasteiger partial charge >= 0.3 is 0 Å². The van der Waals surface area contributed by atoms with Crippen molar-refractivity contribution >= 4 is 39.8 Å². The molecule has 0 bridgehead atoms. The van der Waals surface area contributed by atoms with Crippen LogP contribution in [-0.4, -0.2) is 69.2 Å². The normalized spacial score (nSPS) is 14.1. The van der Waals surface area contributed by atoms with E-state index in [9.17, 15) is 4.79 Å². The molecule has 0 radical (unpaired) electrons. The van der Waals surface area contributed by atoms with Crippen molar-refractivity contribution in [2.75, 3.05) is 37.4 Å². The van der Waals surface area contributed by atoms with Crippen molar-refractivity contribution < 1.29 is 4.79 Å². The van der Waals surface area contributed by atoms with Crippen molar-refractivity contribution in [1.82, 2.24) is 30.0 Å². The Morgan fingerprint density at radius 1 is 1.12 bits per heavy atom. The predicted molar refractivity (Wildman–Crippen MR) is 125 cm³/mol. The number of aromatic nitrogens is 5. The molecule has 1 aliphatic rings. The summed E-state index contributed by atoms with van der Waals surface area (Å²) in [6.07, 6.45) is 5.08. The second kappa shape index (κ2) is 8.21. The first-order valence-electron chi connectivity index (χ1n) is 10.2. The number of anilines is 2. The van der Waals surface area contributed by atoms with Crippen molar-refractivity contribution in [2.24, 2.45) is 0 Å². The number of amides is 1. The van der Waals surface area contributed by atoms with Gasteiger partial charge in [0.1, 0.15) is 21.7 Å². The minimum Gasteiger partial charge on any atom is -0.353 e. The summed E-state index contributed by atoms with van der Waals surface area (Å²) >= 11 is 1.51. The van der Waals surface area contributed by atoms with Crippen molar-refractivity contribution in [1.29, 1.82) is 0 Å². The third-order valence-corrected chi connectivity index (χ3v) is 6.39. The maximum Gasteiger partial charge on any atom is 0.257 e. The summed E-state index contributed by atoms with van der Waals surface area (Å²) in [5.74, 6) is 1.04. The molecule has 5 rings (SSSR count). The van der Waals surface area contributed by atoms with Crippen LogP contribution in [0.2, 0.25) is 0 Å². The average molecular weight is 447 g/mol. The Labute approximate surface area is 189 Å². The second-order valence-electron chi connectivity index (χ2n) is 7.99. The fourth-order valence-corrected chi connectivity index (χ4v) is 4.19. The fourth-order valence-electron chi connectivity index (χ4n) is 3.52. The van der Waals surface area contributed by atoms with Crippen LogP contribution >= 0.6 is 11.3 Å². The lowest BCUT2D eigenvalue weighted by atomic mass is 10.1. The van der Waals surface area contributed by atoms with Crippen molar-refractivity contribution in [3.8, 4) is 10.6 Å². The topological polar surface area (TPSA) is 100 Å². The van der Waals surface area contributed by atoms with Crippen molar-refractivity contribution in [3.63, 3.8) is 0 Å². The zero-order valence-electron chi connectivity index (χ0n) is 18.0. The number of hydrogen-bond acceptors (Lipinski definition) is 9. The van der Waals surface area contributed by atoms with Crippen molar-refractivity contribution in [2.45, 2.75) is 13.0 Å². The number of hydrogen-bond donors (Lipinski definition) is 1. The molecule has 0 aliphatic carbocycles. The van der Waals surface area contributed by atoms with E-state index in [4.69, 9.17) is 0 Å². The van der Waals surface area contributed by atoms with E-state index in [-0.39, 0.29) is 5.91 Å². The third-order valence-electron chi connectivity index (χ3n) is 5.51. The zero-order chi connectivity index (χ0) is 22.2. The number of pyridine rings is 3. The van der Waals surface area contributed by atoms with Gasteiger partial charge in [0.05, 0.1) is 11.7 Å². The number of rotatable bonds is 5. The first kappa shape index (κ1) is 20.4. The summed E-state index contributed by atoms with van der Waals surface area (Å²) < 4.78 is 0. The van der Waals surface area contributed by atoms with Gasteiger partial charge in [-0.1, -0.05) is 11.3 Å². The molecule has 4 aromatic rings. The summed E-state index contributed by atoms with van der Waals surface area (Å²) in [4.78, 5) is 30.4. The molecule has 1 N–H and O–H groups in total. The van der Waals surface area contributed by atoms with Gasteiger partial charge < -0.3 is 15.1 Å². The third kappa shape index (κ3) is 4.02. The summed E-state index contributed by atoms with van der Waals surface area (Å²) in [6.45, 7) is 3.72. The van der Waals surface area contributed by atoms with Crippen LogP contribution in [-0.2, 0) is 0 Å². The molecule has 1 saturated heterocycles. The maximum absolute atomic E-state index is 12.9. The minimum atomic E-state index is -0.228. The Balaban J connectivity index is 1.34. The lowest BCUT2D eigenvalue weighted by molar-refractivity contribution is 0.102. The zero-order valence-corrected chi connectivity index (χ0v) is 18.8.